The predicted molar refractivity (Wildman–Crippen MR) is 110 cm³/mol. The summed E-state index contributed by atoms with van der Waals surface area (Å²) in [5.41, 5.74) is 10.6. The Labute approximate surface area is 151 Å². The van der Waals surface area contributed by atoms with Crippen molar-refractivity contribution >= 4 is 19.2 Å². The molecule has 1 aliphatic heterocycles. The standard InChI is InChI=1S/C24H24Si/c1-16-12-21-19-10-6-4-8-17(19)14-23(21)25(2,3)24-15-18-9-5-7-11-20(18)22(24)13-16/h4-11H,1,12-15H2,2-3H3. The lowest BCUT2D eigenvalue weighted by atomic mass is 9.94. The highest BCUT2D eigenvalue weighted by atomic mass is 28.3. The van der Waals surface area contributed by atoms with Crippen LogP contribution in [0.25, 0.3) is 11.1 Å². The van der Waals surface area contributed by atoms with E-state index in [1.54, 1.807) is 21.5 Å². The van der Waals surface area contributed by atoms with Crippen LogP contribution in [-0.4, -0.2) is 8.07 Å². The molecule has 3 aliphatic rings. The number of hydrogen-bond acceptors (Lipinski definition) is 0. The fraction of sp³-hybridized carbons (Fsp3) is 0.250. The zero-order chi connectivity index (χ0) is 17.2. The maximum Gasteiger partial charge on any atom is 0.104 e. The lowest BCUT2D eigenvalue weighted by Gasteiger charge is -2.32. The molecule has 0 saturated heterocycles. The summed E-state index contributed by atoms with van der Waals surface area (Å²) in [6.07, 6.45) is 4.43. The minimum atomic E-state index is -1.64. The Morgan fingerprint density at radius 3 is 1.60 bits per heavy atom. The highest BCUT2D eigenvalue weighted by Crippen LogP contribution is 2.50. The van der Waals surface area contributed by atoms with E-state index < -0.39 is 8.07 Å². The molecule has 0 bridgehead atoms. The third-order valence-electron chi connectivity index (χ3n) is 6.51. The van der Waals surface area contributed by atoms with Crippen LogP contribution in [0.4, 0.5) is 0 Å². The number of fused-ring (bicyclic) bond motifs is 4. The Bertz CT molecular complexity index is 907. The average Bonchev–Trinajstić information content (AvgIpc) is 3.14. The largest absolute Gasteiger partial charge is 0.104 e. The molecule has 0 spiro atoms. The van der Waals surface area contributed by atoms with Gasteiger partial charge in [-0.25, -0.2) is 0 Å². The predicted octanol–water partition coefficient (Wildman–Crippen LogP) is 6.14. The Hall–Kier alpha value is -2.12. The first kappa shape index (κ1) is 15.2. The molecule has 0 unspecified atom stereocenters. The Morgan fingerprint density at radius 1 is 0.680 bits per heavy atom. The summed E-state index contributed by atoms with van der Waals surface area (Å²) >= 11 is 0. The molecule has 0 fully saturated rings. The van der Waals surface area contributed by atoms with Crippen molar-refractivity contribution < 1.29 is 0 Å². The fourth-order valence-electron chi connectivity index (χ4n) is 5.20. The molecule has 1 heteroatoms. The van der Waals surface area contributed by atoms with Crippen LogP contribution in [0, 0.1) is 0 Å². The van der Waals surface area contributed by atoms with E-state index in [9.17, 15) is 0 Å². The van der Waals surface area contributed by atoms with Gasteiger partial charge in [-0.15, -0.1) is 0 Å². The van der Waals surface area contributed by atoms with E-state index in [-0.39, 0.29) is 0 Å². The molecule has 2 aromatic rings. The van der Waals surface area contributed by atoms with Gasteiger partial charge in [0, 0.05) is 0 Å². The zero-order valence-electron chi connectivity index (χ0n) is 15.2. The van der Waals surface area contributed by atoms with Gasteiger partial charge in [0.2, 0.25) is 0 Å². The van der Waals surface area contributed by atoms with Gasteiger partial charge in [0.25, 0.3) is 0 Å². The highest BCUT2D eigenvalue weighted by molar-refractivity contribution is 6.92. The molecule has 0 amide bonds. The molecule has 124 valence electrons. The maximum atomic E-state index is 4.48. The van der Waals surface area contributed by atoms with Gasteiger partial charge >= 0.3 is 0 Å². The van der Waals surface area contributed by atoms with Crippen molar-refractivity contribution in [2.45, 2.75) is 38.8 Å². The van der Waals surface area contributed by atoms with Crippen LogP contribution in [0.5, 0.6) is 0 Å². The average molecular weight is 341 g/mol. The van der Waals surface area contributed by atoms with E-state index in [0.29, 0.717) is 0 Å². The lowest BCUT2D eigenvalue weighted by molar-refractivity contribution is 1.13. The third kappa shape index (κ3) is 2.12. The summed E-state index contributed by atoms with van der Waals surface area (Å²) in [6.45, 7) is 9.65. The van der Waals surface area contributed by atoms with Crippen molar-refractivity contribution in [2.75, 3.05) is 0 Å². The van der Waals surface area contributed by atoms with Gasteiger partial charge in [-0.1, -0.05) is 84.2 Å². The highest BCUT2D eigenvalue weighted by Gasteiger charge is 2.41. The molecule has 0 N–H and O–H groups in total. The lowest BCUT2D eigenvalue weighted by Crippen LogP contribution is -2.34. The summed E-state index contributed by atoms with van der Waals surface area (Å²) < 4.78 is 0. The van der Waals surface area contributed by atoms with Crippen molar-refractivity contribution in [1.29, 1.82) is 0 Å². The quantitative estimate of drug-likeness (QED) is 0.399. The van der Waals surface area contributed by atoms with Gasteiger partial charge in [-0.2, -0.15) is 0 Å². The molecule has 0 aromatic heterocycles. The molecule has 25 heavy (non-hydrogen) atoms. The van der Waals surface area contributed by atoms with Crippen LogP contribution in [0.1, 0.15) is 35.1 Å². The summed E-state index contributed by atoms with van der Waals surface area (Å²) in [7, 11) is -1.64. The summed E-state index contributed by atoms with van der Waals surface area (Å²) in [6, 6.07) is 18.1. The Morgan fingerprint density at radius 2 is 1.12 bits per heavy atom. The SMILES string of the molecule is C=C1CC2=C(Cc3ccccc32)[Si](C)(C)C2=C(C1)c1ccccc1C2. The van der Waals surface area contributed by atoms with Crippen LogP contribution in [0.3, 0.4) is 0 Å². The monoisotopic (exact) mass is 340 g/mol. The molecule has 0 saturated carbocycles. The first-order chi connectivity index (χ1) is 12.1. The number of rotatable bonds is 0. The number of hydrogen-bond donors (Lipinski definition) is 0. The minimum Gasteiger partial charge on any atom is -0.0992 e. The van der Waals surface area contributed by atoms with E-state index in [4.69, 9.17) is 0 Å². The van der Waals surface area contributed by atoms with Gasteiger partial charge in [0.15, 0.2) is 0 Å². The Kier molecular flexibility index (Phi) is 3.14. The topological polar surface area (TPSA) is 0 Å². The van der Waals surface area contributed by atoms with E-state index >= 15 is 0 Å². The summed E-state index contributed by atoms with van der Waals surface area (Å²) in [5, 5.41) is 3.52. The van der Waals surface area contributed by atoms with Gasteiger partial charge in [-0.05, 0) is 59.1 Å². The molecule has 5 rings (SSSR count). The van der Waals surface area contributed by atoms with Gasteiger partial charge in [-0.3, -0.25) is 0 Å². The first-order valence-corrected chi connectivity index (χ1v) is 12.3. The van der Waals surface area contributed by atoms with E-state index in [1.165, 1.54) is 27.8 Å². The second-order valence-electron chi connectivity index (χ2n) is 8.31. The van der Waals surface area contributed by atoms with Crippen molar-refractivity contribution in [1.82, 2.24) is 0 Å². The van der Waals surface area contributed by atoms with Crippen LogP contribution in [0.2, 0.25) is 13.1 Å². The molecule has 0 atom stereocenters. The second kappa shape index (κ2) is 5.19. The van der Waals surface area contributed by atoms with Crippen molar-refractivity contribution in [2.24, 2.45) is 0 Å². The molecule has 2 aliphatic carbocycles. The molecule has 0 nitrogen and oxygen atoms in total. The van der Waals surface area contributed by atoms with Gasteiger partial charge in [0.05, 0.1) is 0 Å². The Balaban J connectivity index is 1.72. The summed E-state index contributed by atoms with van der Waals surface area (Å²) in [5.74, 6) is 0. The van der Waals surface area contributed by atoms with Crippen molar-refractivity contribution in [3.8, 4) is 0 Å². The van der Waals surface area contributed by atoms with Crippen LogP contribution in [0.15, 0.2) is 71.1 Å². The molecule has 2 aromatic carbocycles. The van der Waals surface area contributed by atoms with E-state index in [0.717, 1.165) is 25.7 Å². The molecular weight excluding hydrogens is 316 g/mol. The number of benzene rings is 2. The second-order valence-corrected chi connectivity index (χ2v) is 12.8. The molecular formula is C24H24Si. The van der Waals surface area contributed by atoms with E-state index in [2.05, 4.69) is 68.2 Å². The van der Waals surface area contributed by atoms with Crippen LogP contribution >= 0.6 is 0 Å². The van der Waals surface area contributed by atoms with Crippen LogP contribution in [-0.2, 0) is 12.8 Å². The van der Waals surface area contributed by atoms with Gasteiger partial charge < -0.3 is 0 Å². The molecule has 1 heterocycles. The van der Waals surface area contributed by atoms with Crippen molar-refractivity contribution in [3.63, 3.8) is 0 Å². The normalized spacial score (nSPS) is 20.6. The third-order valence-corrected chi connectivity index (χ3v) is 10.5. The zero-order valence-corrected chi connectivity index (χ0v) is 16.2. The maximum absolute atomic E-state index is 4.48. The first-order valence-electron chi connectivity index (χ1n) is 9.34. The number of allylic oxidation sites excluding steroid dienone is 5. The van der Waals surface area contributed by atoms with E-state index in [1.807, 2.05) is 0 Å². The minimum absolute atomic E-state index is 1.06. The van der Waals surface area contributed by atoms with Crippen molar-refractivity contribution in [3.05, 3.63) is 93.3 Å². The molecule has 0 radical (unpaired) electrons. The summed E-state index contributed by atoms with van der Waals surface area (Å²) in [4.78, 5) is 0. The fourth-order valence-corrected chi connectivity index (χ4v) is 8.79. The van der Waals surface area contributed by atoms with Crippen LogP contribution < -0.4 is 0 Å². The smallest absolute Gasteiger partial charge is 0.0992 e. The van der Waals surface area contributed by atoms with Gasteiger partial charge in [0.1, 0.15) is 8.07 Å².